The minimum atomic E-state index is -0.831. The second kappa shape index (κ2) is 6.24. The van der Waals surface area contributed by atoms with Crippen LogP contribution in [0.2, 0.25) is 0 Å². The summed E-state index contributed by atoms with van der Waals surface area (Å²) in [5, 5.41) is 10.2. The van der Waals surface area contributed by atoms with Crippen molar-refractivity contribution < 1.29 is 9.66 Å². The van der Waals surface area contributed by atoms with Gasteiger partial charge in [0.25, 0.3) is 0 Å². The molecule has 0 heterocycles. The van der Waals surface area contributed by atoms with Crippen molar-refractivity contribution in [2.45, 2.75) is 37.5 Å². The zero-order valence-electron chi connectivity index (χ0n) is 10.4. The molecule has 2 atom stereocenters. The van der Waals surface area contributed by atoms with E-state index in [1.54, 1.807) is 6.92 Å². The molecule has 0 aliphatic heterocycles. The van der Waals surface area contributed by atoms with Crippen LogP contribution in [0.25, 0.3) is 0 Å². The lowest BCUT2D eigenvalue weighted by Crippen LogP contribution is -2.26. The normalized spacial score (nSPS) is 16.2. The number of hydrogen-bond acceptors (Lipinski definition) is 3. The van der Waals surface area contributed by atoms with Gasteiger partial charge in [-0.25, -0.2) is 0 Å². The van der Waals surface area contributed by atoms with Crippen LogP contribution in [0, 0.1) is 0 Å². The smallest absolute Gasteiger partial charge is 0.0671 e. The number of hydrogen-bond donors (Lipinski definition) is 2. The van der Waals surface area contributed by atoms with Gasteiger partial charge in [0.15, 0.2) is 0 Å². The standard InChI is InChI=1S/C14H20O2S/c1-11(2)9-14(3,15)10-13(17-16)12-7-5-4-6-8-12/h4-8,13,15-16H,1,9-10H2,2-3H3. The largest absolute Gasteiger partial charge is 0.390 e. The van der Waals surface area contributed by atoms with Crippen LogP contribution in [0.15, 0.2) is 42.5 Å². The Morgan fingerprint density at radius 2 is 2.00 bits per heavy atom. The average Bonchev–Trinajstić information content (AvgIpc) is 2.25. The summed E-state index contributed by atoms with van der Waals surface area (Å²) in [6.45, 7) is 7.50. The lowest BCUT2D eigenvalue weighted by atomic mass is 9.91. The molecule has 0 radical (unpaired) electrons. The molecule has 1 aromatic rings. The third kappa shape index (κ3) is 4.94. The van der Waals surface area contributed by atoms with Crippen molar-refractivity contribution in [3.63, 3.8) is 0 Å². The minimum Gasteiger partial charge on any atom is -0.390 e. The van der Waals surface area contributed by atoms with E-state index in [0.29, 0.717) is 12.8 Å². The molecule has 1 aromatic carbocycles. The lowest BCUT2D eigenvalue weighted by Gasteiger charge is -2.27. The molecule has 0 saturated heterocycles. The quantitative estimate of drug-likeness (QED) is 0.593. The monoisotopic (exact) mass is 252 g/mol. The molecule has 0 fully saturated rings. The van der Waals surface area contributed by atoms with Gasteiger partial charge in [-0.2, -0.15) is 0 Å². The molecule has 2 unspecified atom stereocenters. The van der Waals surface area contributed by atoms with Crippen LogP contribution in [0.4, 0.5) is 0 Å². The second-order valence-corrected chi connectivity index (χ2v) is 5.62. The SMILES string of the molecule is C=C(C)CC(C)(O)CC(SO)c1ccccc1. The zero-order chi connectivity index (χ0) is 12.9. The Labute approximate surface area is 108 Å². The van der Waals surface area contributed by atoms with Crippen LogP contribution in [0.1, 0.15) is 37.5 Å². The fourth-order valence-corrected chi connectivity index (χ4v) is 2.72. The molecule has 0 saturated carbocycles. The van der Waals surface area contributed by atoms with E-state index >= 15 is 0 Å². The van der Waals surface area contributed by atoms with Gasteiger partial charge in [-0.1, -0.05) is 35.9 Å². The van der Waals surface area contributed by atoms with Crippen molar-refractivity contribution in [2.75, 3.05) is 0 Å². The summed E-state index contributed by atoms with van der Waals surface area (Å²) in [5.41, 5.74) is 1.15. The Morgan fingerprint density at radius 3 is 2.47 bits per heavy atom. The molecular formula is C14H20O2S. The van der Waals surface area contributed by atoms with Gasteiger partial charge < -0.3 is 9.66 Å². The van der Waals surface area contributed by atoms with Crippen LogP contribution < -0.4 is 0 Å². The highest BCUT2D eigenvalue weighted by atomic mass is 32.2. The molecule has 0 bridgehead atoms. The molecule has 0 spiro atoms. The first-order valence-electron chi connectivity index (χ1n) is 5.66. The highest BCUT2D eigenvalue weighted by molar-refractivity contribution is 7.94. The molecule has 0 aliphatic carbocycles. The average molecular weight is 252 g/mol. The number of rotatable bonds is 6. The van der Waals surface area contributed by atoms with Gasteiger partial charge in [-0.05, 0) is 44.3 Å². The highest BCUT2D eigenvalue weighted by Crippen LogP contribution is 2.36. The summed E-state index contributed by atoms with van der Waals surface area (Å²) in [7, 11) is 0. The third-order valence-corrected chi connectivity index (χ3v) is 3.30. The van der Waals surface area contributed by atoms with Gasteiger partial charge in [0.2, 0.25) is 0 Å². The first-order valence-corrected chi connectivity index (χ1v) is 6.50. The molecular weight excluding hydrogens is 232 g/mol. The molecule has 2 nitrogen and oxygen atoms in total. The van der Waals surface area contributed by atoms with Crippen molar-refractivity contribution in [1.82, 2.24) is 0 Å². The van der Waals surface area contributed by atoms with E-state index in [-0.39, 0.29) is 5.25 Å². The first kappa shape index (κ1) is 14.3. The van der Waals surface area contributed by atoms with Crippen LogP contribution in [0.3, 0.4) is 0 Å². The van der Waals surface area contributed by atoms with E-state index in [4.69, 9.17) is 0 Å². The van der Waals surface area contributed by atoms with Gasteiger partial charge in [0.05, 0.1) is 10.9 Å². The fourth-order valence-electron chi connectivity index (χ4n) is 2.01. The maximum Gasteiger partial charge on any atom is 0.0671 e. The zero-order valence-corrected chi connectivity index (χ0v) is 11.2. The highest BCUT2D eigenvalue weighted by Gasteiger charge is 2.26. The molecule has 17 heavy (non-hydrogen) atoms. The maximum absolute atomic E-state index is 10.3. The topological polar surface area (TPSA) is 40.5 Å². The van der Waals surface area contributed by atoms with Crippen molar-refractivity contribution in [2.24, 2.45) is 0 Å². The Bertz CT molecular complexity index is 360. The Morgan fingerprint density at radius 1 is 1.41 bits per heavy atom. The Kier molecular flexibility index (Phi) is 5.25. The summed E-state index contributed by atoms with van der Waals surface area (Å²) in [6.07, 6.45) is 1.06. The third-order valence-electron chi connectivity index (χ3n) is 2.61. The van der Waals surface area contributed by atoms with Gasteiger partial charge in [-0.3, -0.25) is 0 Å². The van der Waals surface area contributed by atoms with Crippen LogP contribution >= 0.6 is 12.0 Å². The van der Waals surface area contributed by atoms with E-state index < -0.39 is 5.60 Å². The van der Waals surface area contributed by atoms with Crippen molar-refractivity contribution in [3.05, 3.63) is 48.0 Å². The van der Waals surface area contributed by atoms with Crippen LogP contribution in [0.5, 0.6) is 0 Å². The van der Waals surface area contributed by atoms with Crippen molar-refractivity contribution in [1.29, 1.82) is 0 Å². The van der Waals surface area contributed by atoms with E-state index in [0.717, 1.165) is 23.2 Å². The fraction of sp³-hybridized carbons (Fsp3) is 0.429. The minimum absolute atomic E-state index is 0.106. The van der Waals surface area contributed by atoms with E-state index in [2.05, 4.69) is 6.58 Å². The summed E-state index contributed by atoms with van der Waals surface area (Å²) >= 11 is 0.787. The van der Waals surface area contributed by atoms with Crippen LogP contribution in [-0.2, 0) is 0 Å². The van der Waals surface area contributed by atoms with E-state index in [9.17, 15) is 9.66 Å². The number of benzene rings is 1. The second-order valence-electron chi connectivity index (χ2n) is 4.84. The molecule has 0 amide bonds. The Balaban J connectivity index is 2.73. The summed E-state index contributed by atoms with van der Waals surface area (Å²) in [6, 6.07) is 9.74. The summed E-state index contributed by atoms with van der Waals surface area (Å²) < 4.78 is 9.36. The lowest BCUT2D eigenvalue weighted by molar-refractivity contribution is 0.0506. The Hall–Kier alpha value is -0.770. The van der Waals surface area contributed by atoms with E-state index in [1.165, 1.54) is 0 Å². The van der Waals surface area contributed by atoms with Gasteiger partial charge in [0, 0.05) is 0 Å². The molecule has 0 aliphatic rings. The summed E-state index contributed by atoms with van der Waals surface area (Å²) in [4.78, 5) is 0. The van der Waals surface area contributed by atoms with Crippen molar-refractivity contribution in [3.8, 4) is 0 Å². The first-order chi connectivity index (χ1) is 7.94. The van der Waals surface area contributed by atoms with Gasteiger partial charge in [0.1, 0.15) is 0 Å². The molecule has 2 N–H and O–H groups in total. The van der Waals surface area contributed by atoms with E-state index in [1.807, 2.05) is 37.3 Å². The molecule has 94 valence electrons. The molecule has 0 aromatic heterocycles. The molecule has 1 rings (SSSR count). The predicted octanol–water partition coefficient (Wildman–Crippen LogP) is 4.04. The van der Waals surface area contributed by atoms with Crippen LogP contribution in [-0.4, -0.2) is 15.3 Å². The predicted molar refractivity (Wildman–Crippen MR) is 74.1 cm³/mol. The summed E-state index contributed by atoms with van der Waals surface area (Å²) in [5.74, 6) is 0. The van der Waals surface area contributed by atoms with Gasteiger partial charge in [-0.15, -0.1) is 6.58 Å². The van der Waals surface area contributed by atoms with Crippen molar-refractivity contribution >= 4 is 12.0 Å². The maximum atomic E-state index is 10.3. The molecule has 3 heteroatoms. The number of aliphatic hydroxyl groups is 1. The van der Waals surface area contributed by atoms with Gasteiger partial charge >= 0.3 is 0 Å².